The van der Waals surface area contributed by atoms with Crippen molar-refractivity contribution in [2.24, 2.45) is 0 Å². The predicted octanol–water partition coefficient (Wildman–Crippen LogP) is 0.463. The SMILES string of the molecule is Nc1ncnc2c1ncn2P=O. The fourth-order valence-electron chi connectivity index (χ4n) is 0.901. The summed E-state index contributed by atoms with van der Waals surface area (Å²) in [6, 6.07) is 0. The summed E-state index contributed by atoms with van der Waals surface area (Å²) >= 11 is 0. The Morgan fingerprint density at radius 3 is 3.00 bits per heavy atom. The lowest BCUT2D eigenvalue weighted by Crippen LogP contribution is -1.92. The van der Waals surface area contributed by atoms with E-state index in [9.17, 15) is 4.57 Å². The number of hydrogen-bond donors (Lipinski definition) is 1. The van der Waals surface area contributed by atoms with Crippen molar-refractivity contribution in [3.05, 3.63) is 12.7 Å². The van der Waals surface area contributed by atoms with Gasteiger partial charge in [-0.05, 0) is 0 Å². The highest BCUT2D eigenvalue weighted by Gasteiger charge is 2.06. The van der Waals surface area contributed by atoms with E-state index in [-0.39, 0.29) is 8.61 Å². The summed E-state index contributed by atoms with van der Waals surface area (Å²) in [5.41, 5.74) is 6.44. The van der Waals surface area contributed by atoms with Gasteiger partial charge in [-0.2, -0.15) is 0 Å². The standard InChI is InChI=1S/C5H4N5OP/c6-4-3-5(8-1-7-4)10(12-11)2-9-3/h1-2H,(H2,6,7,8). The van der Waals surface area contributed by atoms with E-state index < -0.39 is 0 Å². The summed E-state index contributed by atoms with van der Waals surface area (Å²) in [7, 11) is -0.183. The molecule has 2 rings (SSSR count). The molecule has 0 radical (unpaired) electrons. The van der Waals surface area contributed by atoms with Crippen molar-refractivity contribution in [1.82, 2.24) is 19.3 Å². The first-order valence-electron chi connectivity index (χ1n) is 3.10. The molecule has 12 heavy (non-hydrogen) atoms. The normalized spacial score (nSPS) is 11.0. The van der Waals surface area contributed by atoms with Gasteiger partial charge in [-0.15, -0.1) is 0 Å². The molecule has 0 atom stereocenters. The lowest BCUT2D eigenvalue weighted by molar-refractivity contribution is 0.595. The number of fused-ring (bicyclic) bond motifs is 1. The molecular weight excluding hydrogens is 177 g/mol. The van der Waals surface area contributed by atoms with Crippen LogP contribution in [0.3, 0.4) is 0 Å². The highest BCUT2D eigenvalue weighted by Crippen LogP contribution is 2.17. The molecule has 2 aromatic heterocycles. The second-order valence-corrected chi connectivity index (χ2v) is 2.70. The summed E-state index contributed by atoms with van der Waals surface area (Å²) in [6.45, 7) is 0. The minimum Gasteiger partial charge on any atom is -0.382 e. The Balaban J connectivity index is 2.88. The van der Waals surface area contributed by atoms with Crippen LogP contribution in [-0.2, 0) is 4.57 Å². The van der Waals surface area contributed by atoms with Crippen LogP contribution < -0.4 is 5.73 Å². The molecule has 0 saturated heterocycles. The Morgan fingerprint density at radius 2 is 2.25 bits per heavy atom. The van der Waals surface area contributed by atoms with E-state index in [2.05, 4.69) is 15.0 Å². The highest BCUT2D eigenvalue weighted by molar-refractivity contribution is 7.22. The molecule has 0 spiro atoms. The lowest BCUT2D eigenvalue weighted by atomic mass is 10.5. The second-order valence-electron chi connectivity index (χ2n) is 2.10. The summed E-state index contributed by atoms with van der Waals surface area (Å²) < 4.78 is 11.9. The molecular formula is C5H4N5OP. The van der Waals surface area contributed by atoms with Crippen molar-refractivity contribution in [3.63, 3.8) is 0 Å². The van der Waals surface area contributed by atoms with Crippen molar-refractivity contribution in [2.75, 3.05) is 5.73 Å². The van der Waals surface area contributed by atoms with Gasteiger partial charge in [-0.25, -0.2) is 23.9 Å². The van der Waals surface area contributed by atoms with Gasteiger partial charge in [-0.1, -0.05) is 0 Å². The molecule has 7 heteroatoms. The Bertz CT molecular complexity index is 438. The average molecular weight is 181 g/mol. The molecule has 0 saturated carbocycles. The second kappa shape index (κ2) is 2.49. The summed E-state index contributed by atoms with van der Waals surface area (Å²) in [4.78, 5) is 11.5. The van der Waals surface area contributed by atoms with Gasteiger partial charge in [0, 0.05) is 0 Å². The zero-order valence-corrected chi connectivity index (χ0v) is 6.77. The zero-order valence-electron chi connectivity index (χ0n) is 5.88. The largest absolute Gasteiger partial charge is 0.382 e. The van der Waals surface area contributed by atoms with E-state index in [0.717, 1.165) is 0 Å². The predicted molar refractivity (Wildman–Crippen MR) is 42.7 cm³/mol. The molecule has 0 amide bonds. The van der Waals surface area contributed by atoms with Gasteiger partial charge >= 0.3 is 0 Å². The van der Waals surface area contributed by atoms with Gasteiger partial charge in [0.25, 0.3) is 8.61 Å². The molecule has 0 fully saturated rings. The number of hydrogen-bond acceptors (Lipinski definition) is 5. The van der Waals surface area contributed by atoms with Crippen LogP contribution >= 0.6 is 8.61 Å². The molecule has 2 heterocycles. The maximum atomic E-state index is 10.5. The molecule has 0 aromatic carbocycles. The van der Waals surface area contributed by atoms with E-state index in [0.29, 0.717) is 17.0 Å². The first-order chi connectivity index (χ1) is 5.83. The molecule has 0 bridgehead atoms. The monoisotopic (exact) mass is 181 g/mol. The van der Waals surface area contributed by atoms with Crippen molar-refractivity contribution in [3.8, 4) is 0 Å². The van der Waals surface area contributed by atoms with Crippen molar-refractivity contribution in [2.45, 2.75) is 0 Å². The Morgan fingerprint density at radius 1 is 1.42 bits per heavy atom. The first-order valence-corrected chi connectivity index (χ1v) is 3.86. The third kappa shape index (κ3) is 0.853. The van der Waals surface area contributed by atoms with Crippen molar-refractivity contribution >= 4 is 25.6 Å². The van der Waals surface area contributed by atoms with Crippen LogP contribution in [0.1, 0.15) is 0 Å². The van der Waals surface area contributed by atoms with Gasteiger partial charge in [-0.3, -0.25) is 0 Å². The Hall–Kier alpha value is -1.55. The number of nitrogens with zero attached hydrogens (tertiary/aromatic N) is 4. The van der Waals surface area contributed by atoms with Crippen molar-refractivity contribution < 1.29 is 4.57 Å². The fraction of sp³-hybridized carbons (Fsp3) is 0. The topological polar surface area (TPSA) is 86.7 Å². The maximum absolute atomic E-state index is 10.5. The van der Waals surface area contributed by atoms with Crippen LogP contribution in [0.25, 0.3) is 11.2 Å². The zero-order chi connectivity index (χ0) is 8.55. The smallest absolute Gasteiger partial charge is 0.289 e. The molecule has 0 aliphatic rings. The van der Waals surface area contributed by atoms with Gasteiger partial charge < -0.3 is 5.73 Å². The molecule has 2 aromatic rings. The molecule has 0 aliphatic heterocycles. The van der Waals surface area contributed by atoms with E-state index in [1.54, 1.807) is 0 Å². The molecule has 60 valence electrons. The van der Waals surface area contributed by atoms with Crippen LogP contribution in [0.15, 0.2) is 12.7 Å². The third-order valence-corrected chi connectivity index (χ3v) is 1.90. The number of imidazole rings is 1. The number of rotatable bonds is 1. The maximum Gasteiger partial charge on any atom is 0.289 e. The molecule has 0 aliphatic carbocycles. The van der Waals surface area contributed by atoms with Crippen LogP contribution in [0, 0.1) is 0 Å². The number of aromatic nitrogens is 4. The Labute approximate surface area is 68.7 Å². The van der Waals surface area contributed by atoms with E-state index in [1.165, 1.54) is 17.0 Å². The molecule has 0 unspecified atom stereocenters. The number of nitrogen functional groups attached to an aromatic ring is 1. The summed E-state index contributed by atoms with van der Waals surface area (Å²) in [6.07, 6.45) is 2.70. The Kier molecular flexibility index (Phi) is 1.48. The molecule has 2 N–H and O–H groups in total. The average Bonchev–Trinajstić information content (AvgIpc) is 2.49. The van der Waals surface area contributed by atoms with Crippen LogP contribution in [-0.4, -0.2) is 19.3 Å². The van der Waals surface area contributed by atoms with Crippen LogP contribution in [0.4, 0.5) is 5.82 Å². The first kappa shape index (κ1) is 7.12. The lowest BCUT2D eigenvalue weighted by Gasteiger charge is -1.91. The quantitative estimate of drug-likeness (QED) is 0.646. The molecule has 6 nitrogen and oxygen atoms in total. The van der Waals surface area contributed by atoms with Gasteiger partial charge in [0.1, 0.15) is 12.7 Å². The van der Waals surface area contributed by atoms with Crippen molar-refractivity contribution in [1.29, 1.82) is 0 Å². The number of anilines is 1. The minimum absolute atomic E-state index is 0.183. The van der Waals surface area contributed by atoms with Gasteiger partial charge in [0.2, 0.25) is 0 Å². The van der Waals surface area contributed by atoms with Gasteiger partial charge in [0.05, 0.1) is 0 Å². The van der Waals surface area contributed by atoms with E-state index >= 15 is 0 Å². The van der Waals surface area contributed by atoms with Gasteiger partial charge in [0.15, 0.2) is 17.0 Å². The minimum atomic E-state index is -0.183. The fourth-order valence-corrected chi connectivity index (χ4v) is 1.22. The van der Waals surface area contributed by atoms with E-state index in [4.69, 9.17) is 5.73 Å². The van der Waals surface area contributed by atoms with E-state index in [1.807, 2.05) is 0 Å². The van der Waals surface area contributed by atoms with Crippen LogP contribution in [0.2, 0.25) is 0 Å². The summed E-state index contributed by atoms with van der Waals surface area (Å²) in [5.74, 6) is 0.294. The summed E-state index contributed by atoms with van der Waals surface area (Å²) in [5, 5.41) is 0. The number of nitrogens with two attached hydrogens (primary N) is 1. The highest BCUT2D eigenvalue weighted by atomic mass is 31.1. The van der Waals surface area contributed by atoms with Crippen LogP contribution in [0.5, 0.6) is 0 Å². The third-order valence-electron chi connectivity index (χ3n) is 1.43.